The van der Waals surface area contributed by atoms with Gasteiger partial charge in [0.25, 0.3) is 5.91 Å². The molecule has 13 heteroatoms. The Morgan fingerprint density at radius 1 is 1.26 bits per heavy atom. The standard InChI is InChI=1S/C18H23N9O3S/c19-12-4-7-31(29,30)10-14(12)24-11-8-13(17(18(20)28)21-9-11)25-15-2-1-3-16(26-15)27-22-5-6-23-27/h1-3,5-6,8-9,12,14,24,29-30H,4,7,10,19H2,(H2,20,28)(H,25,26)/t12-,14+/m0/s1. The Morgan fingerprint density at radius 3 is 2.77 bits per heavy atom. The van der Waals surface area contributed by atoms with Crippen molar-refractivity contribution in [2.45, 2.75) is 18.5 Å². The van der Waals surface area contributed by atoms with E-state index in [1.807, 2.05) is 0 Å². The maximum atomic E-state index is 11.9. The number of nitrogens with two attached hydrogens (primary N) is 2. The summed E-state index contributed by atoms with van der Waals surface area (Å²) in [6.07, 6.45) is 5.03. The van der Waals surface area contributed by atoms with Gasteiger partial charge in [0, 0.05) is 11.8 Å². The summed E-state index contributed by atoms with van der Waals surface area (Å²) in [4.78, 5) is 21.8. The number of nitrogens with zero attached hydrogens (tertiary/aromatic N) is 5. The zero-order valence-electron chi connectivity index (χ0n) is 16.4. The van der Waals surface area contributed by atoms with Crippen molar-refractivity contribution in [2.75, 3.05) is 22.1 Å². The van der Waals surface area contributed by atoms with Crippen LogP contribution in [0.5, 0.6) is 0 Å². The third-order valence-corrected chi connectivity index (χ3v) is 6.62. The van der Waals surface area contributed by atoms with Crippen LogP contribution in [-0.4, -0.2) is 63.6 Å². The predicted octanol–water partition coefficient (Wildman–Crippen LogP) is 1.16. The number of hydrogen-bond acceptors (Lipinski definition) is 10. The van der Waals surface area contributed by atoms with Crippen LogP contribution in [0.2, 0.25) is 0 Å². The molecule has 1 saturated heterocycles. The molecule has 12 nitrogen and oxygen atoms in total. The van der Waals surface area contributed by atoms with Gasteiger partial charge < -0.3 is 22.1 Å². The van der Waals surface area contributed by atoms with Crippen molar-refractivity contribution >= 4 is 33.7 Å². The molecule has 1 aliphatic heterocycles. The summed E-state index contributed by atoms with van der Waals surface area (Å²) in [5, 5.41) is 14.3. The first kappa shape index (κ1) is 21.0. The number of rotatable bonds is 6. The third kappa shape index (κ3) is 4.91. The van der Waals surface area contributed by atoms with Crippen LogP contribution in [0, 0.1) is 0 Å². The van der Waals surface area contributed by atoms with Crippen LogP contribution in [0.4, 0.5) is 17.2 Å². The van der Waals surface area contributed by atoms with Crippen molar-refractivity contribution < 1.29 is 13.9 Å². The van der Waals surface area contributed by atoms with Gasteiger partial charge in [0.15, 0.2) is 11.5 Å². The first-order valence-corrected chi connectivity index (χ1v) is 11.4. The number of anilines is 3. The SMILES string of the molecule is NC(=O)c1ncc(N[C@@H]2CS(O)(O)CC[C@@H]2N)cc1Nc1cccc(-n2nccn2)n1. The van der Waals surface area contributed by atoms with Crippen molar-refractivity contribution in [1.29, 1.82) is 0 Å². The number of pyridine rings is 2. The number of nitrogens with one attached hydrogen (secondary N) is 2. The van der Waals surface area contributed by atoms with Gasteiger partial charge in [-0.3, -0.25) is 13.9 Å². The van der Waals surface area contributed by atoms with Crippen LogP contribution in [0.3, 0.4) is 0 Å². The summed E-state index contributed by atoms with van der Waals surface area (Å²) in [6.45, 7) is 0. The van der Waals surface area contributed by atoms with Gasteiger partial charge >= 0.3 is 0 Å². The maximum absolute atomic E-state index is 11.9. The van der Waals surface area contributed by atoms with Crippen LogP contribution >= 0.6 is 10.6 Å². The van der Waals surface area contributed by atoms with Crippen molar-refractivity contribution in [1.82, 2.24) is 25.0 Å². The van der Waals surface area contributed by atoms with Crippen LogP contribution < -0.4 is 22.1 Å². The Morgan fingerprint density at radius 2 is 2.03 bits per heavy atom. The summed E-state index contributed by atoms with van der Waals surface area (Å²) < 4.78 is 20.1. The molecule has 0 spiro atoms. The number of carbonyl (C=O) groups excluding carboxylic acids is 1. The first-order chi connectivity index (χ1) is 14.8. The predicted molar refractivity (Wildman–Crippen MR) is 118 cm³/mol. The fourth-order valence-electron chi connectivity index (χ4n) is 3.29. The molecule has 31 heavy (non-hydrogen) atoms. The molecule has 0 saturated carbocycles. The van der Waals surface area contributed by atoms with Crippen LogP contribution in [0.15, 0.2) is 42.9 Å². The van der Waals surface area contributed by atoms with Gasteiger partial charge in [0.05, 0.1) is 41.8 Å². The molecule has 1 aliphatic rings. The number of aromatic nitrogens is 5. The van der Waals surface area contributed by atoms with Crippen molar-refractivity contribution in [3.63, 3.8) is 0 Å². The molecule has 4 rings (SSSR count). The Balaban J connectivity index is 1.60. The lowest BCUT2D eigenvalue weighted by molar-refractivity contribution is 0.0996. The molecule has 8 N–H and O–H groups in total. The summed E-state index contributed by atoms with van der Waals surface area (Å²) in [5.74, 6) is 0.652. The Hall–Kier alpha value is -3.26. The topological polar surface area (TPSA) is 190 Å². The molecule has 0 bridgehead atoms. The van der Waals surface area contributed by atoms with E-state index in [0.717, 1.165) is 0 Å². The fraction of sp³-hybridized carbons (Fsp3) is 0.278. The summed E-state index contributed by atoms with van der Waals surface area (Å²) in [6, 6.07) is 6.27. The largest absolute Gasteiger partial charge is 0.378 e. The highest BCUT2D eigenvalue weighted by atomic mass is 32.3. The fourth-order valence-corrected chi connectivity index (χ4v) is 5.02. The molecule has 0 aromatic carbocycles. The minimum Gasteiger partial charge on any atom is -0.378 e. The van der Waals surface area contributed by atoms with Gasteiger partial charge in [-0.2, -0.15) is 20.8 Å². The molecule has 0 aliphatic carbocycles. The van der Waals surface area contributed by atoms with Crippen LogP contribution in [0.25, 0.3) is 5.82 Å². The molecule has 3 aromatic heterocycles. The highest BCUT2D eigenvalue weighted by Crippen LogP contribution is 2.44. The molecule has 4 heterocycles. The second-order valence-electron chi connectivity index (χ2n) is 7.19. The molecule has 0 radical (unpaired) electrons. The third-order valence-electron chi connectivity index (χ3n) is 4.84. The van der Waals surface area contributed by atoms with Crippen molar-refractivity contribution in [3.8, 4) is 5.82 Å². The number of primary amides is 1. The van der Waals surface area contributed by atoms with Gasteiger partial charge in [-0.1, -0.05) is 6.07 Å². The second kappa shape index (κ2) is 8.47. The second-order valence-corrected chi connectivity index (χ2v) is 9.53. The number of hydrogen-bond donors (Lipinski definition) is 6. The Kier molecular flexibility index (Phi) is 5.73. The molecular weight excluding hydrogens is 422 g/mol. The zero-order valence-corrected chi connectivity index (χ0v) is 17.2. The lowest BCUT2D eigenvalue weighted by Crippen LogP contribution is -2.48. The molecule has 1 fully saturated rings. The number of carbonyl (C=O) groups is 1. The molecule has 0 unspecified atom stereocenters. The highest BCUT2D eigenvalue weighted by Gasteiger charge is 2.31. The Bertz CT molecular complexity index is 1080. The van der Waals surface area contributed by atoms with E-state index in [2.05, 4.69) is 30.8 Å². The zero-order chi connectivity index (χ0) is 22.0. The van der Waals surface area contributed by atoms with E-state index in [1.165, 1.54) is 23.4 Å². The van der Waals surface area contributed by atoms with Crippen molar-refractivity contribution in [3.05, 3.63) is 48.5 Å². The lowest BCUT2D eigenvalue weighted by Gasteiger charge is -2.43. The Labute approximate surface area is 179 Å². The van der Waals surface area contributed by atoms with E-state index in [-0.39, 0.29) is 23.5 Å². The van der Waals surface area contributed by atoms with Crippen molar-refractivity contribution in [2.24, 2.45) is 11.5 Å². The smallest absolute Gasteiger partial charge is 0.269 e. The van der Waals surface area contributed by atoms with Gasteiger partial charge in [0.2, 0.25) is 0 Å². The summed E-state index contributed by atoms with van der Waals surface area (Å²) in [7, 11) is -2.67. The normalized spacial score (nSPS) is 21.3. The van der Waals surface area contributed by atoms with Crippen LogP contribution in [-0.2, 0) is 0 Å². The highest BCUT2D eigenvalue weighted by molar-refractivity contribution is 8.24. The lowest BCUT2D eigenvalue weighted by atomic mass is 10.1. The van der Waals surface area contributed by atoms with E-state index >= 15 is 0 Å². The molecule has 1 amide bonds. The van der Waals surface area contributed by atoms with E-state index in [0.29, 0.717) is 35.2 Å². The van der Waals surface area contributed by atoms with E-state index < -0.39 is 16.5 Å². The monoisotopic (exact) mass is 445 g/mol. The summed E-state index contributed by atoms with van der Waals surface area (Å²) in [5.41, 5.74) is 12.5. The average Bonchev–Trinajstić information content (AvgIpc) is 3.26. The minimum atomic E-state index is -2.67. The van der Waals surface area contributed by atoms with Gasteiger partial charge in [0.1, 0.15) is 5.82 Å². The average molecular weight is 446 g/mol. The summed E-state index contributed by atoms with van der Waals surface area (Å²) >= 11 is 0. The van der Waals surface area contributed by atoms with E-state index in [9.17, 15) is 13.9 Å². The molecule has 3 aromatic rings. The first-order valence-electron chi connectivity index (χ1n) is 9.47. The van der Waals surface area contributed by atoms with E-state index in [4.69, 9.17) is 11.5 Å². The minimum absolute atomic E-state index is 0.0344. The van der Waals surface area contributed by atoms with Crippen LogP contribution in [0.1, 0.15) is 16.9 Å². The quantitative estimate of drug-likeness (QED) is 0.321. The molecular formula is C18H23N9O3S. The maximum Gasteiger partial charge on any atom is 0.269 e. The van der Waals surface area contributed by atoms with Gasteiger partial charge in [-0.15, -0.1) is 4.80 Å². The number of amides is 1. The van der Waals surface area contributed by atoms with E-state index in [1.54, 1.807) is 24.3 Å². The van der Waals surface area contributed by atoms with Gasteiger partial charge in [-0.05, 0) is 24.6 Å². The van der Waals surface area contributed by atoms with Gasteiger partial charge in [-0.25, -0.2) is 9.97 Å². The molecule has 2 atom stereocenters. The molecule has 164 valence electrons.